The highest BCUT2D eigenvalue weighted by molar-refractivity contribution is 9.10. The molecule has 1 aliphatic rings. The quantitative estimate of drug-likeness (QED) is 0.854. The molecule has 0 aromatic heterocycles. The first-order valence-corrected chi connectivity index (χ1v) is 7.85. The van der Waals surface area contributed by atoms with Gasteiger partial charge in [0, 0.05) is 50.9 Å². The number of methoxy groups -OCH3 is 1. The third-order valence-electron chi connectivity index (χ3n) is 3.74. The van der Waals surface area contributed by atoms with Crippen molar-refractivity contribution in [3.05, 3.63) is 34.3 Å². The topological polar surface area (TPSA) is 35.9 Å². The van der Waals surface area contributed by atoms with Gasteiger partial charge < -0.3 is 9.84 Å². The van der Waals surface area contributed by atoms with Crippen LogP contribution < -0.4 is 0 Å². The van der Waals surface area contributed by atoms with Gasteiger partial charge in [0.15, 0.2) is 0 Å². The van der Waals surface area contributed by atoms with Crippen LogP contribution in [0.15, 0.2) is 28.7 Å². The molecule has 112 valence electrons. The average molecular weight is 343 g/mol. The number of aliphatic hydroxyl groups is 1. The molecule has 2 rings (SSSR count). The van der Waals surface area contributed by atoms with E-state index in [1.165, 1.54) is 0 Å². The van der Waals surface area contributed by atoms with Gasteiger partial charge >= 0.3 is 0 Å². The van der Waals surface area contributed by atoms with E-state index in [2.05, 4.69) is 25.7 Å². The SMILES string of the molecule is COCCN1CCN(C[C@@H](O)c2cccc(Br)c2)CC1. The molecule has 4 nitrogen and oxygen atoms in total. The minimum atomic E-state index is -0.418. The molecular formula is C15H23BrN2O2. The van der Waals surface area contributed by atoms with Gasteiger partial charge in [-0.2, -0.15) is 0 Å². The van der Waals surface area contributed by atoms with Crippen molar-refractivity contribution in [1.29, 1.82) is 0 Å². The van der Waals surface area contributed by atoms with Gasteiger partial charge in [-0.3, -0.25) is 9.80 Å². The molecule has 0 aliphatic carbocycles. The maximum Gasteiger partial charge on any atom is 0.0917 e. The van der Waals surface area contributed by atoms with E-state index in [1.54, 1.807) is 7.11 Å². The number of benzene rings is 1. The fraction of sp³-hybridized carbons (Fsp3) is 0.600. The largest absolute Gasteiger partial charge is 0.387 e. The van der Waals surface area contributed by atoms with E-state index in [1.807, 2.05) is 24.3 Å². The lowest BCUT2D eigenvalue weighted by Gasteiger charge is -2.35. The fourth-order valence-electron chi connectivity index (χ4n) is 2.48. The van der Waals surface area contributed by atoms with Crippen molar-refractivity contribution < 1.29 is 9.84 Å². The zero-order valence-electron chi connectivity index (χ0n) is 12.0. The second-order valence-electron chi connectivity index (χ2n) is 5.21. The van der Waals surface area contributed by atoms with E-state index in [4.69, 9.17) is 4.74 Å². The van der Waals surface area contributed by atoms with Gasteiger partial charge in [0.25, 0.3) is 0 Å². The molecule has 1 N–H and O–H groups in total. The van der Waals surface area contributed by atoms with Gasteiger partial charge in [0.2, 0.25) is 0 Å². The van der Waals surface area contributed by atoms with E-state index in [9.17, 15) is 5.11 Å². The molecule has 5 heteroatoms. The van der Waals surface area contributed by atoms with Gasteiger partial charge in [-0.15, -0.1) is 0 Å². The molecule has 1 fully saturated rings. The fourth-order valence-corrected chi connectivity index (χ4v) is 2.90. The second-order valence-corrected chi connectivity index (χ2v) is 6.12. The highest BCUT2D eigenvalue weighted by Crippen LogP contribution is 2.19. The minimum absolute atomic E-state index is 0.418. The molecule has 1 aliphatic heterocycles. The van der Waals surface area contributed by atoms with Crippen LogP contribution in [0.3, 0.4) is 0 Å². The molecule has 1 heterocycles. The summed E-state index contributed by atoms with van der Waals surface area (Å²) in [6, 6.07) is 7.90. The molecule has 0 saturated carbocycles. The Labute approximate surface area is 129 Å². The maximum atomic E-state index is 10.3. The van der Waals surface area contributed by atoms with E-state index in [0.717, 1.165) is 49.4 Å². The van der Waals surface area contributed by atoms with Crippen LogP contribution in [0.4, 0.5) is 0 Å². The number of hydrogen-bond acceptors (Lipinski definition) is 4. The predicted octanol–water partition coefficient (Wildman–Crippen LogP) is 1.75. The van der Waals surface area contributed by atoms with Crippen LogP contribution in [0.2, 0.25) is 0 Å². The predicted molar refractivity (Wildman–Crippen MR) is 83.9 cm³/mol. The van der Waals surface area contributed by atoms with Gasteiger partial charge in [0.1, 0.15) is 0 Å². The minimum Gasteiger partial charge on any atom is -0.387 e. The Balaban J connectivity index is 1.77. The Morgan fingerprint density at radius 2 is 1.95 bits per heavy atom. The standard InChI is InChI=1S/C15H23BrN2O2/c1-20-10-9-17-5-7-18(8-6-17)12-15(19)13-3-2-4-14(16)11-13/h2-4,11,15,19H,5-10,12H2,1H3/t15-/m1/s1. The van der Waals surface area contributed by atoms with E-state index in [-0.39, 0.29) is 0 Å². The molecule has 1 aromatic carbocycles. The van der Waals surface area contributed by atoms with Gasteiger partial charge in [0.05, 0.1) is 12.7 Å². The van der Waals surface area contributed by atoms with Crippen molar-refractivity contribution >= 4 is 15.9 Å². The molecule has 0 spiro atoms. The molecule has 0 bridgehead atoms. The van der Waals surface area contributed by atoms with Crippen molar-refractivity contribution in [2.75, 3.05) is 53.0 Å². The summed E-state index contributed by atoms with van der Waals surface area (Å²) < 4.78 is 6.12. The number of nitrogens with zero attached hydrogens (tertiary/aromatic N) is 2. The van der Waals surface area contributed by atoms with Crippen LogP contribution in [0.5, 0.6) is 0 Å². The third kappa shape index (κ3) is 4.82. The van der Waals surface area contributed by atoms with Gasteiger partial charge in [-0.05, 0) is 17.7 Å². The number of aliphatic hydroxyl groups excluding tert-OH is 1. The zero-order chi connectivity index (χ0) is 14.4. The molecule has 0 unspecified atom stereocenters. The summed E-state index contributed by atoms with van der Waals surface area (Å²) >= 11 is 3.44. The zero-order valence-corrected chi connectivity index (χ0v) is 13.6. The lowest BCUT2D eigenvalue weighted by molar-refractivity contribution is 0.0611. The number of halogens is 1. The summed E-state index contributed by atoms with van der Waals surface area (Å²) in [6.45, 7) is 6.61. The summed E-state index contributed by atoms with van der Waals surface area (Å²) in [5, 5.41) is 10.3. The number of piperazine rings is 1. The maximum absolute atomic E-state index is 10.3. The summed E-state index contributed by atoms with van der Waals surface area (Å²) in [6.07, 6.45) is -0.418. The lowest BCUT2D eigenvalue weighted by atomic mass is 10.1. The molecule has 1 saturated heterocycles. The normalized spacial score (nSPS) is 19.1. The van der Waals surface area contributed by atoms with Crippen LogP contribution in [0, 0.1) is 0 Å². The average Bonchev–Trinajstić information content (AvgIpc) is 2.46. The van der Waals surface area contributed by atoms with Crippen LogP contribution in [-0.2, 0) is 4.74 Å². The Morgan fingerprint density at radius 1 is 1.25 bits per heavy atom. The van der Waals surface area contributed by atoms with Crippen LogP contribution in [0.1, 0.15) is 11.7 Å². The summed E-state index contributed by atoms with van der Waals surface area (Å²) in [5.41, 5.74) is 0.973. The molecule has 0 amide bonds. The second kappa shape index (κ2) is 8.10. The molecule has 0 radical (unpaired) electrons. The van der Waals surface area contributed by atoms with Crippen molar-refractivity contribution in [3.8, 4) is 0 Å². The van der Waals surface area contributed by atoms with E-state index in [0.29, 0.717) is 6.54 Å². The first-order chi connectivity index (χ1) is 9.69. The summed E-state index contributed by atoms with van der Waals surface area (Å²) in [7, 11) is 1.74. The molecule has 1 atom stereocenters. The van der Waals surface area contributed by atoms with Gasteiger partial charge in [-0.25, -0.2) is 0 Å². The van der Waals surface area contributed by atoms with Crippen LogP contribution >= 0.6 is 15.9 Å². The number of ether oxygens (including phenoxy) is 1. The van der Waals surface area contributed by atoms with Gasteiger partial charge in [-0.1, -0.05) is 28.1 Å². The van der Waals surface area contributed by atoms with E-state index >= 15 is 0 Å². The van der Waals surface area contributed by atoms with Crippen LogP contribution in [0.25, 0.3) is 0 Å². The highest BCUT2D eigenvalue weighted by Gasteiger charge is 2.19. The Bertz CT molecular complexity index is 409. The van der Waals surface area contributed by atoms with Crippen LogP contribution in [-0.4, -0.2) is 67.9 Å². The third-order valence-corrected chi connectivity index (χ3v) is 4.23. The first kappa shape index (κ1) is 15.9. The highest BCUT2D eigenvalue weighted by atomic mass is 79.9. The van der Waals surface area contributed by atoms with Crippen molar-refractivity contribution in [2.45, 2.75) is 6.10 Å². The monoisotopic (exact) mass is 342 g/mol. The number of rotatable bonds is 6. The van der Waals surface area contributed by atoms with Crippen molar-refractivity contribution in [3.63, 3.8) is 0 Å². The smallest absolute Gasteiger partial charge is 0.0917 e. The number of β-amino-alcohol motifs (C(OH)–C–C–N with tert-alkyl or cyclic N) is 1. The molecular weight excluding hydrogens is 320 g/mol. The molecule has 1 aromatic rings. The first-order valence-electron chi connectivity index (χ1n) is 7.06. The summed E-state index contributed by atoms with van der Waals surface area (Å²) in [4.78, 5) is 4.74. The Morgan fingerprint density at radius 3 is 2.60 bits per heavy atom. The number of hydrogen-bond donors (Lipinski definition) is 1. The van der Waals surface area contributed by atoms with Crippen molar-refractivity contribution in [2.24, 2.45) is 0 Å². The Hall–Kier alpha value is -0.460. The molecule has 20 heavy (non-hydrogen) atoms. The van der Waals surface area contributed by atoms with Crippen molar-refractivity contribution in [1.82, 2.24) is 9.80 Å². The summed E-state index contributed by atoms with van der Waals surface area (Å²) in [5.74, 6) is 0. The van der Waals surface area contributed by atoms with E-state index < -0.39 is 6.10 Å². The Kier molecular flexibility index (Phi) is 6.45. The lowest BCUT2D eigenvalue weighted by Crippen LogP contribution is -2.48.